The molecule has 100 valence electrons. The van der Waals surface area contributed by atoms with Crippen molar-refractivity contribution < 1.29 is 9.59 Å². The summed E-state index contributed by atoms with van der Waals surface area (Å²) in [4.78, 5) is 29.8. The Balaban J connectivity index is 2.17. The number of benzene rings is 1. The average Bonchev–Trinajstić information content (AvgIpc) is 2.68. The number of carbonyl (C=O) groups is 2. The van der Waals surface area contributed by atoms with Crippen LogP contribution in [0.25, 0.3) is 0 Å². The third kappa shape index (κ3) is 1.72. The van der Waals surface area contributed by atoms with Crippen LogP contribution in [0.1, 0.15) is 26.4 Å². The molecule has 0 aliphatic carbocycles. The zero-order valence-corrected chi connectivity index (χ0v) is 12.1. The number of nitrogens with zero attached hydrogens (tertiary/aromatic N) is 2. The molecule has 1 aliphatic rings. The Bertz CT molecular complexity index is 723. The van der Waals surface area contributed by atoms with Crippen molar-refractivity contribution in [1.29, 1.82) is 0 Å². The number of amides is 2. The van der Waals surface area contributed by atoms with E-state index in [0.717, 1.165) is 10.5 Å². The summed E-state index contributed by atoms with van der Waals surface area (Å²) >= 11 is 3.37. The quantitative estimate of drug-likeness (QED) is 0.643. The first kappa shape index (κ1) is 12.8. The monoisotopic (exact) mass is 331 g/mol. The van der Waals surface area contributed by atoms with Gasteiger partial charge in [0.15, 0.2) is 0 Å². The Labute approximate surface area is 123 Å². The van der Waals surface area contributed by atoms with Gasteiger partial charge in [-0.3, -0.25) is 14.6 Å². The smallest absolute Gasteiger partial charge is 0.284 e. The second-order valence-electron chi connectivity index (χ2n) is 4.51. The van der Waals surface area contributed by atoms with Gasteiger partial charge < -0.3 is 5.73 Å². The lowest BCUT2D eigenvalue weighted by Crippen LogP contribution is -2.30. The number of pyridine rings is 1. The lowest BCUT2D eigenvalue weighted by molar-refractivity contribution is 0.0924. The highest BCUT2D eigenvalue weighted by molar-refractivity contribution is 9.10. The van der Waals surface area contributed by atoms with Gasteiger partial charge in [-0.1, -0.05) is 0 Å². The topological polar surface area (TPSA) is 76.3 Å². The molecule has 2 heterocycles. The first-order valence-corrected chi connectivity index (χ1v) is 6.69. The Hall–Kier alpha value is -2.21. The van der Waals surface area contributed by atoms with Gasteiger partial charge in [-0.05, 0) is 52.7 Å². The fourth-order valence-corrected chi connectivity index (χ4v) is 2.77. The van der Waals surface area contributed by atoms with Gasteiger partial charge in [-0.25, -0.2) is 4.90 Å². The van der Waals surface area contributed by atoms with Crippen molar-refractivity contribution in [3.8, 4) is 0 Å². The minimum atomic E-state index is -0.436. The zero-order chi connectivity index (χ0) is 14.4. The van der Waals surface area contributed by atoms with Gasteiger partial charge in [0.25, 0.3) is 11.8 Å². The number of nitrogens with two attached hydrogens (primary N) is 1. The van der Waals surface area contributed by atoms with Crippen LogP contribution in [-0.4, -0.2) is 16.8 Å². The molecule has 0 bridgehead atoms. The van der Waals surface area contributed by atoms with Crippen LogP contribution in [0.3, 0.4) is 0 Å². The largest absolute Gasteiger partial charge is 0.398 e. The molecule has 0 saturated carbocycles. The Morgan fingerprint density at radius 1 is 1.25 bits per heavy atom. The van der Waals surface area contributed by atoms with E-state index in [2.05, 4.69) is 20.9 Å². The summed E-state index contributed by atoms with van der Waals surface area (Å²) in [6, 6.07) is 6.61. The number of nitrogen functional groups attached to an aromatic ring is 1. The highest BCUT2D eigenvalue weighted by Gasteiger charge is 2.38. The highest BCUT2D eigenvalue weighted by atomic mass is 79.9. The molecule has 0 saturated heterocycles. The summed E-state index contributed by atoms with van der Waals surface area (Å²) in [5.41, 5.74) is 8.17. The summed E-state index contributed by atoms with van der Waals surface area (Å²) in [5.74, 6) is -0.823. The number of rotatable bonds is 1. The minimum absolute atomic E-state index is 0.170. The molecule has 5 nitrogen and oxygen atoms in total. The van der Waals surface area contributed by atoms with Gasteiger partial charge in [0.1, 0.15) is 5.69 Å². The van der Waals surface area contributed by atoms with E-state index in [1.54, 1.807) is 24.3 Å². The molecular weight excluding hydrogens is 322 g/mol. The maximum Gasteiger partial charge on any atom is 0.284 e. The molecule has 1 aliphatic heterocycles. The fraction of sp³-hybridized carbons (Fsp3) is 0.0714. The van der Waals surface area contributed by atoms with E-state index >= 15 is 0 Å². The molecule has 0 fully saturated rings. The molecule has 2 aromatic rings. The van der Waals surface area contributed by atoms with E-state index < -0.39 is 5.91 Å². The van der Waals surface area contributed by atoms with Crippen LogP contribution in [0.5, 0.6) is 0 Å². The van der Waals surface area contributed by atoms with Crippen molar-refractivity contribution in [2.45, 2.75) is 6.92 Å². The van der Waals surface area contributed by atoms with Gasteiger partial charge in [0.2, 0.25) is 0 Å². The lowest BCUT2D eigenvalue weighted by Gasteiger charge is -2.17. The summed E-state index contributed by atoms with van der Waals surface area (Å²) < 4.78 is 0.638. The summed E-state index contributed by atoms with van der Waals surface area (Å²) in [6.07, 6.45) is 1.49. The van der Waals surface area contributed by atoms with E-state index in [-0.39, 0.29) is 11.6 Å². The SMILES string of the molecule is Cc1cc(Br)c(N2C(=O)c3cccnc3C2=O)cc1N. The van der Waals surface area contributed by atoms with Crippen molar-refractivity contribution in [2.24, 2.45) is 0 Å². The predicted octanol–water partition coefficient (Wildman–Crippen LogP) is 2.54. The van der Waals surface area contributed by atoms with E-state index in [0.29, 0.717) is 21.4 Å². The van der Waals surface area contributed by atoms with E-state index in [9.17, 15) is 9.59 Å². The molecule has 0 spiro atoms. The molecule has 3 rings (SSSR count). The van der Waals surface area contributed by atoms with E-state index in [1.165, 1.54) is 6.20 Å². The number of fused-ring (bicyclic) bond motifs is 1. The third-order valence-electron chi connectivity index (χ3n) is 3.22. The zero-order valence-electron chi connectivity index (χ0n) is 10.6. The Kier molecular flexibility index (Phi) is 2.83. The number of aromatic nitrogens is 1. The van der Waals surface area contributed by atoms with Gasteiger partial charge in [-0.2, -0.15) is 0 Å². The predicted molar refractivity (Wildman–Crippen MR) is 78.7 cm³/mol. The minimum Gasteiger partial charge on any atom is -0.398 e. The molecule has 0 radical (unpaired) electrons. The van der Waals surface area contributed by atoms with Crippen LogP contribution < -0.4 is 10.6 Å². The van der Waals surface area contributed by atoms with Crippen LogP contribution in [0, 0.1) is 6.92 Å². The number of anilines is 2. The number of hydrogen-bond donors (Lipinski definition) is 1. The standard InChI is InChI=1S/C14H10BrN3O2/c1-7-5-9(15)11(6-10(7)16)18-13(19)8-3-2-4-17-12(8)14(18)20/h2-6H,16H2,1H3. The molecule has 2 amide bonds. The summed E-state index contributed by atoms with van der Waals surface area (Å²) in [7, 11) is 0. The summed E-state index contributed by atoms with van der Waals surface area (Å²) in [5, 5.41) is 0. The van der Waals surface area contributed by atoms with Gasteiger partial charge in [0.05, 0.1) is 11.3 Å². The first-order chi connectivity index (χ1) is 9.50. The van der Waals surface area contributed by atoms with Crippen LogP contribution in [0.15, 0.2) is 34.9 Å². The molecule has 2 N–H and O–H groups in total. The number of halogens is 1. The fourth-order valence-electron chi connectivity index (χ4n) is 2.13. The lowest BCUT2D eigenvalue weighted by atomic mass is 10.1. The third-order valence-corrected chi connectivity index (χ3v) is 3.86. The van der Waals surface area contributed by atoms with E-state index in [1.807, 2.05) is 6.92 Å². The first-order valence-electron chi connectivity index (χ1n) is 5.90. The molecule has 6 heteroatoms. The van der Waals surface area contributed by atoms with Crippen LogP contribution in [0.4, 0.5) is 11.4 Å². The number of aryl methyl sites for hydroxylation is 1. The number of hydrogen-bond acceptors (Lipinski definition) is 4. The van der Waals surface area contributed by atoms with Crippen LogP contribution in [0.2, 0.25) is 0 Å². The van der Waals surface area contributed by atoms with Crippen molar-refractivity contribution in [2.75, 3.05) is 10.6 Å². The maximum atomic E-state index is 12.4. The average molecular weight is 332 g/mol. The van der Waals surface area contributed by atoms with Gasteiger partial charge in [0, 0.05) is 16.4 Å². The van der Waals surface area contributed by atoms with Crippen molar-refractivity contribution in [3.63, 3.8) is 0 Å². The number of carbonyl (C=O) groups excluding carboxylic acids is 2. The van der Waals surface area contributed by atoms with Crippen molar-refractivity contribution in [3.05, 3.63) is 51.8 Å². The second-order valence-corrected chi connectivity index (χ2v) is 5.36. The second kappa shape index (κ2) is 4.42. The molecule has 1 aromatic carbocycles. The number of imide groups is 1. The van der Waals surface area contributed by atoms with Crippen LogP contribution in [-0.2, 0) is 0 Å². The molecule has 20 heavy (non-hydrogen) atoms. The van der Waals surface area contributed by atoms with Crippen molar-refractivity contribution in [1.82, 2.24) is 4.98 Å². The molecule has 1 aromatic heterocycles. The highest BCUT2D eigenvalue weighted by Crippen LogP contribution is 2.35. The van der Waals surface area contributed by atoms with E-state index in [4.69, 9.17) is 5.73 Å². The van der Waals surface area contributed by atoms with Gasteiger partial charge in [-0.15, -0.1) is 0 Å². The Morgan fingerprint density at radius 3 is 2.70 bits per heavy atom. The van der Waals surface area contributed by atoms with Gasteiger partial charge >= 0.3 is 0 Å². The molecule has 0 atom stereocenters. The summed E-state index contributed by atoms with van der Waals surface area (Å²) in [6.45, 7) is 1.85. The maximum absolute atomic E-state index is 12.4. The molecular formula is C14H10BrN3O2. The normalized spacial score (nSPS) is 13.8. The van der Waals surface area contributed by atoms with Crippen molar-refractivity contribution >= 4 is 39.1 Å². The Morgan fingerprint density at radius 2 is 2.00 bits per heavy atom. The van der Waals surface area contributed by atoms with Crippen LogP contribution >= 0.6 is 15.9 Å². The molecule has 0 unspecified atom stereocenters.